The molecule has 18 heavy (non-hydrogen) atoms. The lowest BCUT2D eigenvalue weighted by atomic mass is 10.0. The molecule has 96 valence electrons. The van der Waals surface area contributed by atoms with Crippen LogP contribution in [0.3, 0.4) is 0 Å². The van der Waals surface area contributed by atoms with Crippen LogP contribution in [0.5, 0.6) is 0 Å². The molecule has 1 atom stereocenters. The van der Waals surface area contributed by atoms with Gasteiger partial charge in [0, 0.05) is 18.2 Å². The zero-order valence-electron chi connectivity index (χ0n) is 10.5. The summed E-state index contributed by atoms with van der Waals surface area (Å²) in [6.07, 6.45) is 10.5. The molecule has 2 rings (SSSR count). The molecule has 0 aliphatic carbocycles. The molecule has 1 aliphatic rings. The smallest absolute Gasteiger partial charge is 0.138 e. The maximum atomic E-state index is 5.25. The highest BCUT2D eigenvalue weighted by Crippen LogP contribution is 2.30. The maximum Gasteiger partial charge on any atom is 0.138 e. The minimum atomic E-state index is 0.368. The molecule has 0 saturated heterocycles. The van der Waals surface area contributed by atoms with Crippen molar-refractivity contribution in [2.24, 2.45) is 0 Å². The average Bonchev–Trinajstić information content (AvgIpc) is 2.83. The Morgan fingerprint density at radius 3 is 3.28 bits per heavy atom. The second-order valence-corrected chi connectivity index (χ2v) is 5.81. The number of hydrogen-bond acceptors (Lipinski definition) is 5. The fraction of sp³-hybridized carbons (Fsp3) is 0.538. The zero-order valence-corrected chi connectivity index (χ0v) is 12.1. The van der Waals surface area contributed by atoms with Crippen molar-refractivity contribution in [1.29, 1.82) is 0 Å². The van der Waals surface area contributed by atoms with Gasteiger partial charge < -0.3 is 5.32 Å². The van der Waals surface area contributed by atoms with E-state index in [2.05, 4.69) is 33.0 Å². The summed E-state index contributed by atoms with van der Waals surface area (Å²) in [5, 5.41) is 4.51. The molecule has 0 bridgehead atoms. The monoisotopic (exact) mass is 279 g/mol. The summed E-state index contributed by atoms with van der Waals surface area (Å²) < 4.78 is 8.85. The minimum absolute atomic E-state index is 0.368. The first-order valence-electron chi connectivity index (χ1n) is 6.15. The Hall–Kier alpha value is -0.830. The topological polar surface area (TPSA) is 37.8 Å². The van der Waals surface area contributed by atoms with Gasteiger partial charge in [-0.15, -0.1) is 24.1 Å². The summed E-state index contributed by atoms with van der Waals surface area (Å²) in [7, 11) is 0. The van der Waals surface area contributed by atoms with E-state index in [1.807, 2.05) is 0 Å². The van der Waals surface area contributed by atoms with E-state index >= 15 is 0 Å². The van der Waals surface area contributed by atoms with Crippen molar-refractivity contribution >= 4 is 29.1 Å². The summed E-state index contributed by atoms with van der Waals surface area (Å²) in [5.41, 5.74) is 2.35. The fourth-order valence-electron chi connectivity index (χ4n) is 1.91. The lowest BCUT2D eigenvalue weighted by molar-refractivity contribution is 0.624. The van der Waals surface area contributed by atoms with Crippen molar-refractivity contribution in [2.75, 3.05) is 12.3 Å². The number of unbranched alkanes of at least 4 members (excludes halogenated alkanes) is 1. The molecule has 1 N–H and O–H groups in total. The van der Waals surface area contributed by atoms with E-state index in [1.165, 1.54) is 17.3 Å². The van der Waals surface area contributed by atoms with Gasteiger partial charge in [0.1, 0.15) is 10.7 Å². The quantitative estimate of drug-likeness (QED) is 0.511. The molecule has 1 aliphatic heterocycles. The van der Waals surface area contributed by atoms with Crippen molar-refractivity contribution < 1.29 is 0 Å². The first-order valence-corrected chi connectivity index (χ1v) is 7.87. The molecule has 5 heteroatoms. The average molecular weight is 279 g/mol. The third-order valence-electron chi connectivity index (χ3n) is 2.86. The van der Waals surface area contributed by atoms with Crippen molar-refractivity contribution in [2.45, 2.75) is 37.3 Å². The van der Waals surface area contributed by atoms with Crippen LogP contribution in [0.2, 0.25) is 0 Å². The van der Waals surface area contributed by atoms with E-state index in [9.17, 15) is 0 Å². The van der Waals surface area contributed by atoms with E-state index < -0.39 is 0 Å². The molecular weight excluding hydrogens is 262 g/mol. The van der Waals surface area contributed by atoms with E-state index in [0.29, 0.717) is 6.04 Å². The molecular formula is C13H17N3S2. The van der Waals surface area contributed by atoms with Crippen LogP contribution in [0.25, 0.3) is 5.57 Å². The SMILES string of the molecule is C#CCCCSc1nsnc1C1=CCCNC1C. The van der Waals surface area contributed by atoms with Crippen LogP contribution in [0.1, 0.15) is 31.9 Å². The molecule has 0 radical (unpaired) electrons. The van der Waals surface area contributed by atoms with E-state index in [-0.39, 0.29) is 0 Å². The Morgan fingerprint density at radius 1 is 1.61 bits per heavy atom. The molecule has 2 heterocycles. The Balaban J connectivity index is 2.03. The summed E-state index contributed by atoms with van der Waals surface area (Å²) in [4.78, 5) is 0. The number of hydrogen-bond donors (Lipinski definition) is 1. The van der Waals surface area contributed by atoms with Gasteiger partial charge in [-0.1, -0.05) is 6.08 Å². The second-order valence-electron chi connectivity index (χ2n) is 4.20. The maximum absolute atomic E-state index is 5.25. The highest BCUT2D eigenvalue weighted by molar-refractivity contribution is 7.99. The van der Waals surface area contributed by atoms with Gasteiger partial charge in [-0.2, -0.15) is 8.75 Å². The largest absolute Gasteiger partial charge is 0.310 e. The first-order chi connectivity index (χ1) is 8.83. The molecule has 1 aromatic heterocycles. The Morgan fingerprint density at radius 2 is 2.50 bits per heavy atom. The lowest BCUT2D eigenvalue weighted by Crippen LogP contribution is -2.31. The molecule has 1 aromatic rings. The van der Waals surface area contributed by atoms with Crippen LogP contribution >= 0.6 is 23.5 Å². The Bertz CT molecular complexity index is 459. The van der Waals surface area contributed by atoms with Gasteiger partial charge in [0.2, 0.25) is 0 Å². The van der Waals surface area contributed by atoms with Gasteiger partial charge >= 0.3 is 0 Å². The molecule has 1 unspecified atom stereocenters. The van der Waals surface area contributed by atoms with E-state index in [1.54, 1.807) is 11.8 Å². The summed E-state index contributed by atoms with van der Waals surface area (Å²) in [6, 6.07) is 0.368. The standard InChI is InChI=1S/C13H17N3S2/c1-3-4-5-9-17-13-12(15-18-16-13)11-7-6-8-14-10(11)2/h1,7,10,14H,4-6,8-9H2,2H3. The summed E-state index contributed by atoms with van der Waals surface area (Å²) >= 11 is 3.06. The molecule has 0 spiro atoms. The van der Waals surface area contributed by atoms with E-state index in [0.717, 1.165) is 42.3 Å². The number of rotatable bonds is 5. The van der Waals surface area contributed by atoms with Crippen LogP contribution in [0.15, 0.2) is 11.1 Å². The van der Waals surface area contributed by atoms with Gasteiger partial charge in [0.05, 0.1) is 11.7 Å². The molecule has 3 nitrogen and oxygen atoms in total. The fourth-order valence-corrected chi connectivity index (χ4v) is 3.54. The van der Waals surface area contributed by atoms with E-state index in [4.69, 9.17) is 6.42 Å². The van der Waals surface area contributed by atoms with Crippen molar-refractivity contribution in [3.63, 3.8) is 0 Å². The first kappa shape index (κ1) is 13.6. The molecule has 0 saturated carbocycles. The van der Waals surface area contributed by atoms with Crippen LogP contribution in [0, 0.1) is 12.3 Å². The predicted molar refractivity (Wildman–Crippen MR) is 78.8 cm³/mol. The van der Waals surface area contributed by atoms with Gasteiger partial charge in [-0.05, 0) is 31.9 Å². The van der Waals surface area contributed by atoms with Crippen molar-refractivity contribution in [1.82, 2.24) is 14.1 Å². The number of thioether (sulfide) groups is 1. The van der Waals surface area contributed by atoms with Crippen molar-refractivity contribution in [3.05, 3.63) is 11.8 Å². The number of nitrogens with zero attached hydrogens (tertiary/aromatic N) is 2. The number of terminal acetylenes is 1. The van der Waals surface area contributed by atoms with Crippen LogP contribution in [0.4, 0.5) is 0 Å². The number of aromatic nitrogens is 2. The second kappa shape index (κ2) is 6.93. The Labute approximate surface area is 117 Å². The van der Waals surface area contributed by atoms with Gasteiger partial charge in [-0.25, -0.2) is 0 Å². The lowest BCUT2D eigenvalue weighted by Gasteiger charge is -2.21. The molecule has 0 amide bonds. The third kappa shape index (κ3) is 3.35. The van der Waals surface area contributed by atoms with Crippen LogP contribution in [-0.2, 0) is 0 Å². The van der Waals surface area contributed by atoms with Crippen LogP contribution < -0.4 is 5.32 Å². The zero-order chi connectivity index (χ0) is 12.8. The van der Waals surface area contributed by atoms with Gasteiger partial charge in [-0.3, -0.25) is 0 Å². The summed E-state index contributed by atoms with van der Waals surface area (Å²) in [5.74, 6) is 3.68. The Kier molecular flexibility index (Phi) is 5.24. The highest BCUT2D eigenvalue weighted by atomic mass is 32.2. The van der Waals surface area contributed by atoms with Crippen LogP contribution in [-0.4, -0.2) is 27.1 Å². The van der Waals surface area contributed by atoms with Gasteiger partial charge in [0.15, 0.2) is 0 Å². The predicted octanol–water partition coefficient (Wildman–Crippen LogP) is 2.81. The molecule has 0 fully saturated rings. The van der Waals surface area contributed by atoms with Crippen molar-refractivity contribution in [3.8, 4) is 12.3 Å². The molecule has 0 aromatic carbocycles. The normalized spacial score (nSPS) is 19.3. The number of nitrogens with one attached hydrogen (secondary N) is 1. The minimum Gasteiger partial charge on any atom is -0.310 e. The third-order valence-corrected chi connectivity index (χ3v) is 4.56. The highest BCUT2D eigenvalue weighted by Gasteiger charge is 2.20. The van der Waals surface area contributed by atoms with Gasteiger partial charge in [0.25, 0.3) is 0 Å². The summed E-state index contributed by atoms with van der Waals surface area (Å²) in [6.45, 7) is 3.23.